The molecule has 0 aliphatic heterocycles. The molecule has 1 unspecified atom stereocenters. The summed E-state index contributed by atoms with van der Waals surface area (Å²) in [6.45, 7) is -0.955. The van der Waals surface area contributed by atoms with Gasteiger partial charge in [-0.1, -0.05) is 24.3 Å². The van der Waals surface area contributed by atoms with Crippen molar-refractivity contribution in [3.63, 3.8) is 0 Å². The Bertz CT molecular complexity index is 1140. The quantitative estimate of drug-likeness (QED) is 0.574. The van der Waals surface area contributed by atoms with Gasteiger partial charge in [0.1, 0.15) is 5.82 Å². The van der Waals surface area contributed by atoms with E-state index in [1.54, 1.807) is 42.6 Å². The van der Waals surface area contributed by atoms with Gasteiger partial charge in [-0.05, 0) is 60.4 Å². The van der Waals surface area contributed by atoms with E-state index in [0.717, 1.165) is 5.56 Å². The summed E-state index contributed by atoms with van der Waals surface area (Å²) in [6.07, 6.45) is 4.56. The zero-order valence-corrected chi connectivity index (χ0v) is 18.7. The lowest BCUT2D eigenvalue weighted by Crippen LogP contribution is -2.39. The molecular weight excluding hydrogens is 456 g/mol. The Labute approximate surface area is 191 Å². The number of alkyl halides is 3. The molecule has 33 heavy (non-hydrogen) atoms. The van der Waals surface area contributed by atoms with Crippen molar-refractivity contribution in [2.75, 3.05) is 12.4 Å². The number of sulfonamides is 1. The molecule has 0 spiro atoms. The normalized spacial score (nSPS) is 29.3. The molecule has 2 aliphatic rings. The van der Waals surface area contributed by atoms with E-state index in [2.05, 4.69) is 4.98 Å². The van der Waals surface area contributed by atoms with Gasteiger partial charge >= 0.3 is 0 Å². The first kappa shape index (κ1) is 23.9. The van der Waals surface area contributed by atoms with Crippen molar-refractivity contribution in [2.24, 2.45) is 28.3 Å². The van der Waals surface area contributed by atoms with Gasteiger partial charge in [-0.25, -0.2) is 26.7 Å². The number of allylic oxidation sites excluding steroid dienone is 1. The minimum atomic E-state index is -4.01. The molecule has 0 bridgehead atoms. The Morgan fingerprint density at radius 3 is 2.58 bits per heavy atom. The Morgan fingerprint density at radius 1 is 1.15 bits per heavy atom. The van der Waals surface area contributed by atoms with Crippen LogP contribution in [0.2, 0.25) is 0 Å². The van der Waals surface area contributed by atoms with Gasteiger partial charge in [0.15, 0.2) is 0 Å². The minimum absolute atomic E-state index is 0.0567. The third kappa shape index (κ3) is 5.30. The van der Waals surface area contributed by atoms with E-state index in [1.165, 1.54) is 12.1 Å². The minimum Gasteiger partial charge on any atom is -0.256 e. The number of aromatic nitrogens is 1. The number of halogens is 4. The molecule has 2 aliphatic carbocycles. The van der Waals surface area contributed by atoms with Crippen LogP contribution in [0.5, 0.6) is 0 Å². The second-order valence-electron chi connectivity index (χ2n) is 9.40. The second-order valence-corrected chi connectivity index (χ2v) is 11.0. The number of nitrogens with two attached hydrogens (primary N) is 1. The van der Waals surface area contributed by atoms with Gasteiger partial charge in [0.25, 0.3) is 0 Å². The van der Waals surface area contributed by atoms with E-state index >= 15 is 0 Å². The van der Waals surface area contributed by atoms with E-state index in [9.17, 15) is 26.0 Å². The Hall–Kier alpha value is -2.26. The molecule has 2 fully saturated rings. The van der Waals surface area contributed by atoms with Crippen LogP contribution in [0.15, 0.2) is 48.7 Å². The van der Waals surface area contributed by atoms with Crippen molar-refractivity contribution in [2.45, 2.75) is 31.6 Å². The van der Waals surface area contributed by atoms with Crippen LogP contribution in [-0.2, 0) is 10.0 Å². The molecule has 0 amide bonds. The Morgan fingerprint density at radius 2 is 1.94 bits per heavy atom. The first-order valence-corrected chi connectivity index (χ1v) is 12.6. The zero-order chi connectivity index (χ0) is 23.9. The first-order chi connectivity index (χ1) is 15.5. The summed E-state index contributed by atoms with van der Waals surface area (Å²) in [7, 11) is -4.01. The highest BCUT2D eigenvalue weighted by Gasteiger charge is 2.57. The maximum Gasteiger partial charge on any atom is 0.248 e. The van der Waals surface area contributed by atoms with Crippen LogP contribution >= 0.6 is 0 Å². The lowest BCUT2D eigenvalue weighted by atomic mass is 9.73. The average Bonchev–Trinajstić information content (AvgIpc) is 3.02. The van der Waals surface area contributed by atoms with E-state index in [1.807, 2.05) is 0 Å². The molecule has 178 valence electrons. The second kappa shape index (κ2) is 8.83. The fourth-order valence-corrected chi connectivity index (χ4v) is 6.88. The molecular formula is C24H26F4N2O2S. The largest absolute Gasteiger partial charge is 0.256 e. The monoisotopic (exact) mass is 482 g/mol. The number of primary sulfonamides is 1. The van der Waals surface area contributed by atoms with Crippen LogP contribution in [0.3, 0.4) is 0 Å². The number of nitrogens with zero attached hydrogens (tertiary/aromatic N) is 1. The van der Waals surface area contributed by atoms with Crippen molar-refractivity contribution in [1.29, 1.82) is 0 Å². The Balaban J connectivity index is 1.61. The SMILES string of the molecule is NS(=O)(=O)CC1(CF)C[C@@H]2CC(F)(F)CC[C@H]2[C@@H]1C=Cc1ccc(-c2cccc(F)c2)cn1. The third-order valence-electron chi connectivity index (χ3n) is 7.02. The topological polar surface area (TPSA) is 73.1 Å². The molecule has 2 saturated carbocycles. The van der Waals surface area contributed by atoms with E-state index in [4.69, 9.17) is 5.14 Å². The van der Waals surface area contributed by atoms with Crippen LogP contribution in [-0.4, -0.2) is 31.8 Å². The number of rotatable bonds is 6. The van der Waals surface area contributed by atoms with Gasteiger partial charge in [-0.15, -0.1) is 0 Å². The van der Waals surface area contributed by atoms with Gasteiger partial charge in [0.2, 0.25) is 15.9 Å². The fraction of sp³-hybridized carbons (Fsp3) is 0.458. The summed E-state index contributed by atoms with van der Waals surface area (Å²) < 4.78 is 79.7. The third-order valence-corrected chi connectivity index (χ3v) is 8.00. The van der Waals surface area contributed by atoms with Gasteiger partial charge in [-0.2, -0.15) is 0 Å². The van der Waals surface area contributed by atoms with Crippen molar-refractivity contribution in [3.05, 3.63) is 60.2 Å². The molecule has 9 heteroatoms. The van der Waals surface area contributed by atoms with E-state index in [-0.39, 0.29) is 37.4 Å². The summed E-state index contributed by atoms with van der Waals surface area (Å²) in [6, 6.07) is 9.60. The lowest BCUT2D eigenvalue weighted by molar-refractivity contribution is -0.0659. The van der Waals surface area contributed by atoms with Crippen LogP contribution in [0, 0.1) is 29.0 Å². The van der Waals surface area contributed by atoms with Gasteiger partial charge < -0.3 is 0 Å². The molecule has 0 radical (unpaired) electrons. The number of benzene rings is 1. The van der Waals surface area contributed by atoms with E-state index < -0.39 is 45.6 Å². The molecule has 1 aromatic heterocycles. The van der Waals surface area contributed by atoms with Gasteiger partial charge in [0.05, 0.1) is 18.1 Å². The summed E-state index contributed by atoms with van der Waals surface area (Å²) in [5.74, 6) is -5.03. The molecule has 4 atom stereocenters. The van der Waals surface area contributed by atoms with Gasteiger partial charge in [-0.3, -0.25) is 9.37 Å². The van der Waals surface area contributed by atoms with E-state index in [0.29, 0.717) is 11.3 Å². The molecule has 2 N–H and O–H groups in total. The smallest absolute Gasteiger partial charge is 0.248 e. The van der Waals surface area contributed by atoms with Crippen LogP contribution in [0.4, 0.5) is 17.6 Å². The zero-order valence-electron chi connectivity index (χ0n) is 17.9. The number of fused-ring (bicyclic) bond motifs is 1. The predicted octanol–water partition coefficient (Wildman–Crippen LogP) is 5.22. The summed E-state index contributed by atoms with van der Waals surface area (Å²) >= 11 is 0. The number of hydrogen-bond acceptors (Lipinski definition) is 3. The number of pyridine rings is 1. The van der Waals surface area contributed by atoms with Crippen molar-refractivity contribution in [1.82, 2.24) is 4.98 Å². The molecule has 1 aromatic carbocycles. The molecule has 2 aromatic rings. The summed E-state index contributed by atoms with van der Waals surface area (Å²) in [5.41, 5.74) is 0.600. The average molecular weight is 483 g/mol. The number of hydrogen-bond donors (Lipinski definition) is 1. The summed E-state index contributed by atoms with van der Waals surface area (Å²) in [4.78, 5) is 4.36. The highest BCUT2D eigenvalue weighted by atomic mass is 32.2. The Kier molecular flexibility index (Phi) is 6.39. The van der Waals surface area contributed by atoms with Crippen molar-refractivity contribution >= 4 is 16.1 Å². The molecule has 4 rings (SSSR count). The molecule has 1 heterocycles. The maximum absolute atomic E-state index is 14.4. The molecule has 4 nitrogen and oxygen atoms in total. The van der Waals surface area contributed by atoms with Crippen LogP contribution in [0.25, 0.3) is 17.2 Å². The van der Waals surface area contributed by atoms with Crippen LogP contribution in [0.1, 0.15) is 31.4 Å². The standard InChI is InChI=1S/C24H26F4N2O2S/c25-14-23(15-33(29,31)32)11-18-12-24(27,28)9-8-21(18)22(23)7-6-20-5-4-17(13-30-20)16-2-1-3-19(26)10-16/h1-7,10,13,18,21-22H,8-9,11-12,14-15H2,(H2,29,31,32)/t18-,21-,22+,23?/m1/s1. The maximum atomic E-state index is 14.4. The predicted molar refractivity (Wildman–Crippen MR) is 119 cm³/mol. The van der Waals surface area contributed by atoms with Crippen molar-refractivity contribution in [3.8, 4) is 11.1 Å². The van der Waals surface area contributed by atoms with Crippen molar-refractivity contribution < 1.29 is 26.0 Å². The van der Waals surface area contributed by atoms with Gasteiger partial charge in [0, 0.05) is 30.0 Å². The fourth-order valence-electron chi connectivity index (χ4n) is 5.69. The summed E-state index contributed by atoms with van der Waals surface area (Å²) in [5, 5.41) is 5.27. The molecule has 0 saturated heterocycles. The first-order valence-electron chi connectivity index (χ1n) is 10.8. The highest BCUT2D eigenvalue weighted by molar-refractivity contribution is 7.89. The highest BCUT2D eigenvalue weighted by Crippen LogP contribution is 2.59. The lowest BCUT2D eigenvalue weighted by Gasteiger charge is -2.35. The van der Waals surface area contributed by atoms with Crippen LogP contribution < -0.4 is 5.14 Å².